The van der Waals surface area contributed by atoms with E-state index in [0.29, 0.717) is 5.92 Å². The number of hydrogen-bond donors (Lipinski definition) is 0. The maximum Gasteiger partial charge on any atom is 0.193 e. The van der Waals surface area contributed by atoms with Crippen LogP contribution in [0.1, 0.15) is 53.4 Å². The lowest BCUT2D eigenvalue weighted by atomic mass is 9.83. The van der Waals surface area contributed by atoms with E-state index in [1.54, 1.807) is 0 Å². The summed E-state index contributed by atoms with van der Waals surface area (Å²) < 4.78 is 6.90. The predicted octanol–water partition coefficient (Wildman–Crippen LogP) is 5.15. The lowest BCUT2D eigenvalue weighted by molar-refractivity contribution is 0.0560. The van der Waals surface area contributed by atoms with Crippen LogP contribution in [-0.2, 0) is 4.43 Å². The fourth-order valence-electron chi connectivity index (χ4n) is 3.59. The van der Waals surface area contributed by atoms with E-state index in [2.05, 4.69) is 40.2 Å². The molecule has 1 nitrogen and oxygen atoms in total. The highest BCUT2D eigenvalue weighted by Crippen LogP contribution is 2.48. The Labute approximate surface area is 120 Å². The zero-order chi connectivity index (χ0) is 14.5. The standard InChI is InChI=1S/C17H30OSi/c1-7-12-16-13-11-14-17(16,15(5)6)18-19(8-2,9-3)10-4/h1,16H,5,8-14H2,2-4,6H3/t16-,17-/m0/s1. The summed E-state index contributed by atoms with van der Waals surface area (Å²) in [6, 6.07) is 3.58. The summed E-state index contributed by atoms with van der Waals surface area (Å²) >= 11 is 0. The first-order valence-corrected chi connectivity index (χ1v) is 10.3. The minimum absolute atomic E-state index is 0.124. The Morgan fingerprint density at radius 2 is 1.95 bits per heavy atom. The number of hydrogen-bond acceptors (Lipinski definition) is 1. The van der Waals surface area contributed by atoms with Gasteiger partial charge in [-0.2, -0.15) is 0 Å². The lowest BCUT2D eigenvalue weighted by Gasteiger charge is -2.44. The molecule has 1 aliphatic carbocycles. The minimum atomic E-state index is -1.62. The Hall–Kier alpha value is -0.523. The Kier molecular flexibility index (Phi) is 5.89. The molecule has 0 saturated heterocycles. The highest BCUT2D eigenvalue weighted by molar-refractivity contribution is 6.73. The number of terminal acetylenes is 1. The summed E-state index contributed by atoms with van der Waals surface area (Å²) in [7, 11) is -1.62. The molecule has 0 unspecified atom stereocenters. The van der Waals surface area contributed by atoms with Gasteiger partial charge in [-0.15, -0.1) is 12.3 Å². The molecule has 0 radical (unpaired) electrons. The van der Waals surface area contributed by atoms with E-state index in [0.717, 1.165) is 12.8 Å². The first kappa shape index (κ1) is 16.5. The second-order valence-electron chi connectivity index (χ2n) is 6.01. The molecule has 108 valence electrons. The summed E-state index contributed by atoms with van der Waals surface area (Å²) in [5.41, 5.74) is 1.07. The molecule has 0 aromatic heterocycles. The Bertz CT molecular complexity index is 342. The van der Waals surface area contributed by atoms with Gasteiger partial charge >= 0.3 is 0 Å². The van der Waals surface area contributed by atoms with E-state index < -0.39 is 8.32 Å². The summed E-state index contributed by atoms with van der Waals surface area (Å²) in [6.45, 7) is 13.3. The monoisotopic (exact) mass is 278 g/mol. The van der Waals surface area contributed by atoms with E-state index in [9.17, 15) is 0 Å². The van der Waals surface area contributed by atoms with Crippen molar-refractivity contribution in [2.75, 3.05) is 0 Å². The van der Waals surface area contributed by atoms with Gasteiger partial charge in [0.15, 0.2) is 8.32 Å². The normalized spacial score (nSPS) is 27.2. The van der Waals surface area contributed by atoms with Crippen LogP contribution in [0.2, 0.25) is 18.1 Å². The van der Waals surface area contributed by atoms with Crippen molar-refractivity contribution in [1.82, 2.24) is 0 Å². The quantitative estimate of drug-likeness (QED) is 0.356. The molecule has 1 aliphatic rings. The van der Waals surface area contributed by atoms with Crippen LogP contribution in [0.5, 0.6) is 0 Å². The van der Waals surface area contributed by atoms with Crippen LogP contribution in [0.3, 0.4) is 0 Å². The molecule has 0 amide bonds. The van der Waals surface area contributed by atoms with Gasteiger partial charge in [-0.3, -0.25) is 0 Å². The van der Waals surface area contributed by atoms with Gasteiger partial charge in [-0.05, 0) is 49.9 Å². The van der Waals surface area contributed by atoms with Gasteiger partial charge in [0.25, 0.3) is 0 Å². The summed E-state index contributed by atoms with van der Waals surface area (Å²) in [5, 5.41) is 0. The van der Waals surface area contributed by atoms with Gasteiger partial charge in [0.2, 0.25) is 0 Å². The van der Waals surface area contributed by atoms with Gasteiger partial charge in [0.1, 0.15) is 0 Å². The van der Waals surface area contributed by atoms with E-state index in [4.69, 9.17) is 10.8 Å². The van der Waals surface area contributed by atoms with E-state index in [1.165, 1.54) is 36.5 Å². The fraction of sp³-hybridized carbons (Fsp3) is 0.765. The van der Waals surface area contributed by atoms with E-state index in [1.807, 2.05) is 0 Å². The third kappa shape index (κ3) is 3.15. The van der Waals surface area contributed by atoms with Crippen LogP contribution in [0.25, 0.3) is 0 Å². The average Bonchev–Trinajstić information content (AvgIpc) is 2.81. The molecule has 1 fully saturated rings. The first-order valence-electron chi connectivity index (χ1n) is 7.79. The molecular weight excluding hydrogens is 248 g/mol. The maximum absolute atomic E-state index is 6.90. The summed E-state index contributed by atoms with van der Waals surface area (Å²) in [4.78, 5) is 0. The van der Waals surface area contributed by atoms with Crippen LogP contribution >= 0.6 is 0 Å². The molecule has 2 atom stereocenters. The van der Waals surface area contributed by atoms with Gasteiger partial charge in [0.05, 0.1) is 5.60 Å². The Morgan fingerprint density at radius 3 is 2.37 bits per heavy atom. The zero-order valence-electron chi connectivity index (χ0n) is 13.2. The molecule has 0 aromatic carbocycles. The molecule has 0 bridgehead atoms. The molecule has 19 heavy (non-hydrogen) atoms. The largest absolute Gasteiger partial charge is 0.407 e. The molecular formula is C17H30OSi. The molecule has 0 aliphatic heterocycles. The van der Waals surface area contributed by atoms with Gasteiger partial charge in [0, 0.05) is 12.3 Å². The van der Waals surface area contributed by atoms with Gasteiger partial charge < -0.3 is 4.43 Å². The van der Waals surface area contributed by atoms with Crippen molar-refractivity contribution in [3.8, 4) is 12.3 Å². The predicted molar refractivity (Wildman–Crippen MR) is 86.6 cm³/mol. The molecule has 1 saturated carbocycles. The van der Waals surface area contributed by atoms with Crippen molar-refractivity contribution in [2.45, 2.75) is 77.1 Å². The Balaban J connectivity index is 3.07. The highest BCUT2D eigenvalue weighted by Gasteiger charge is 2.48. The fourth-order valence-corrected chi connectivity index (χ4v) is 6.74. The van der Waals surface area contributed by atoms with Crippen molar-refractivity contribution in [3.63, 3.8) is 0 Å². The van der Waals surface area contributed by atoms with E-state index in [-0.39, 0.29) is 5.60 Å². The smallest absolute Gasteiger partial charge is 0.193 e. The molecule has 1 rings (SSSR count). The summed E-state index contributed by atoms with van der Waals surface area (Å²) in [5.74, 6) is 3.33. The van der Waals surface area contributed by atoms with Gasteiger partial charge in [-0.1, -0.05) is 27.4 Å². The molecule has 0 spiro atoms. The van der Waals surface area contributed by atoms with Crippen LogP contribution in [-0.4, -0.2) is 13.9 Å². The highest BCUT2D eigenvalue weighted by atomic mass is 28.4. The maximum atomic E-state index is 6.90. The number of rotatable bonds is 7. The van der Waals surface area contributed by atoms with Crippen molar-refractivity contribution in [2.24, 2.45) is 5.92 Å². The lowest BCUT2D eigenvalue weighted by Crippen LogP contribution is -2.49. The molecule has 2 heteroatoms. The van der Waals surface area contributed by atoms with E-state index >= 15 is 0 Å². The van der Waals surface area contributed by atoms with Crippen molar-refractivity contribution in [3.05, 3.63) is 12.2 Å². The van der Waals surface area contributed by atoms with Crippen molar-refractivity contribution >= 4 is 8.32 Å². The summed E-state index contributed by atoms with van der Waals surface area (Å²) in [6.07, 6.45) is 9.93. The Morgan fingerprint density at radius 1 is 1.37 bits per heavy atom. The minimum Gasteiger partial charge on any atom is -0.407 e. The van der Waals surface area contributed by atoms with Crippen LogP contribution < -0.4 is 0 Å². The second kappa shape index (κ2) is 6.77. The van der Waals surface area contributed by atoms with Crippen LogP contribution in [0.15, 0.2) is 12.2 Å². The first-order chi connectivity index (χ1) is 9.00. The molecule has 0 heterocycles. The third-order valence-corrected chi connectivity index (χ3v) is 9.84. The van der Waals surface area contributed by atoms with Crippen molar-refractivity contribution in [1.29, 1.82) is 0 Å². The van der Waals surface area contributed by atoms with Crippen LogP contribution in [0.4, 0.5) is 0 Å². The third-order valence-electron chi connectivity index (χ3n) is 5.18. The van der Waals surface area contributed by atoms with Crippen molar-refractivity contribution < 1.29 is 4.43 Å². The molecule has 0 N–H and O–H groups in total. The molecule has 0 aromatic rings. The van der Waals surface area contributed by atoms with Gasteiger partial charge in [-0.25, -0.2) is 0 Å². The second-order valence-corrected chi connectivity index (χ2v) is 10.7. The van der Waals surface area contributed by atoms with Crippen LogP contribution in [0, 0.1) is 18.3 Å². The average molecular weight is 279 g/mol. The SMILES string of the molecule is C#CC[C@H]1CCC[C@]1(O[Si](CC)(CC)CC)C(=C)C. The zero-order valence-corrected chi connectivity index (χ0v) is 14.2. The topological polar surface area (TPSA) is 9.23 Å².